The second-order valence-electron chi connectivity index (χ2n) is 5.96. The van der Waals surface area contributed by atoms with Crippen molar-refractivity contribution in [1.82, 2.24) is 5.32 Å². The lowest BCUT2D eigenvalue weighted by Gasteiger charge is -2.28. The van der Waals surface area contributed by atoms with Crippen molar-refractivity contribution in [2.75, 3.05) is 0 Å². The van der Waals surface area contributed by atoms with E-state index in [1.54, 1.807) is 6.92 Å². The fourth-order valence-corrected chi connectivity index (χ4v) is 2.67. The molecule has 2 unspecified atom stereocenters. The Balaban J connectivity index is 2.75. The van der Waals surface area contributed by atoms with Crippen LogP contribution in [0.25, 0.3) is 0 Å². The Labute approximate surface area is 132 Å². The molecule has 1 N–H and O–H groups in total. The monoisotopic (exact) mass is 304 g/mol. The van der Waals surface area contributed by atoms with E-state index in [1.807, 2.05) is 26.8 Å². The number of carbonyl (C=O) groups excluding carboxylic acids is 1. The van der Waals surface area contributed by atoms with Gasteiger partial charge in [-0.25, -0.2) is 0 Å². The minimum atomic E-state index is -0.824. The highest BCUT2D eigenvalue weighted by Crippen LogP contribution is 2.26. The van der Waals surface area contributed by atoms with Crippen LogP contribution in [0.15, 0.2) is 23.1 Å². The third-order valence-corrected chi connectivity index (χ3v) is 5.02. The number of benzene rings is 1. The van der Waals surface area contributed by atoms with Gasteiger partial charge in [0.25, 0.3) is 0 Å². The summed E-state index contributed by atoms with van der Waals surface area (Å²) in [5.41, 5.74) is 1.64. The van der Waals surface area contributed by atoms with E-state index in [-0.39, 0.29) is 17.1 Å². The molecule has 21 heavy (non-hydrogen) atoms. The standard InChI is InChI=1S/C17H24N2OS/c1-11(2)17(6,10-18)19-16(20)14(5)21-15-8-7-12(3)13(4)9-15/h7-9,11,14H,1-6H3,(H,19,20). The summed E-state index contributed by atoms with van der Waals surface area (Å²) in [4.78, 5) is 13.4. The Morgan fingerprint density at radius 1 is 1.29 bits per heavy atom. The number of amides is 1. The molecule has 0 bridgehead atoms. The van der Waals surface area contributed by atoms with Gasteiger partial charge in [-0.2, -0.15) is 5.26 Å². The van der Waals surface area contributed by atoms with Crippen LogP contribution in [-0.2, 0) is 4.79 Å². The normalized spacial score (nSPS) is 15.1. The highest BCUT2D eigenvalue weighted by Gasteiger charge is 2.31. The van der Waals surface area contributed by atoms with Gasteiger partial charge in [-0.05, 0) is 56.9 Å². The fourth-order valence-electron chi connectivity index (χ4n) is 1.70. The Morgan fingerprint density at radius 3 is 2.38 bits per heavy atom. The maximum Gasteiger partial charge on any atom is 0.234 e. The van der Waals surface area contributed by atoms with Crippen molar-refractivity contribution in [3.8, 4) is 6.07 Å². The first-order valence-electron chi connectivity index (χ1n) is 7.16. The van der Waals surface area contributed by atoms with Crippen LogP contribution in [0.2, 0.25) is 0 Å². The third-order valence-electron chi connectivity index (χ3n) is 3.93. The van der Waals surface area contributed by atoms with E-state index in [9.17, 15) is 10.1 Å². The van der Waals surface area contributed by atoms with Crippen LogP contribution in [0, 0.1) is 31.1 Å². The van der Waals surface area contributed by atoms with Gasteiger partial charge in [0.05, 0.1) is 11.3 Å². The summed E-state index contributed by atoms with van der Waals surface area (Å²) >= 11 is 1.52. The lowest BCUT2D eigenvalue weighted by molar-refractivity contribution is -0.121. The average molecular weight is 304 g/mol. The lowest BCUT2D eigenvalue weighted by Crippen LogP contribution is -2.51. The van der Waals surface area contributed by atoms with Gasteiger partial charge < -0.3 is 5.32 Å². The number of hydrogen-bond donors (Lipinski definition) is 1. The molecule has 114 valence electrons. The van der Waals surface area contributed by atoms with Crippen molar-refractivity contribution in [1.29, 1.82) is 5.26 Å². The molecule has 1 amide bonds. The molecule has 0 fully saturated rings. The maximum atomic E-state index is 12.3. The first-order valence-corrected chi connectivity index (χ1v) is 8.04. The highest BCUT2D eigenvalue weighted by molar-refractivity contribution is 8.00. The molecule has 0 spiro atoms. The first kappa shape index (κ1) is 17.6. The second-order valence-corrected chi connectivity index (χ2v) is 7.38. The largest absolute Gasteiger partial charge is 0.337 e. The zero-order valence-electron chi connectivity index (χ0n) is 13.7. The average Bonchev–Trinajstić information content (AvgIpc) is 2.42. The topological polar surface area (TPSA) is 52.9 Å². The maximum absolute atomic E-state index is 12.3. The van der Waals surface area contributed by atoms with Crippen molar-refractivity contribution in [3.05, 3.63) is 29.3 Å². The van der Waals surface area contributed by atoms with Gasteiger partial charge in [0.15, 0.2) is 0 Å². The molecule has 1 aromatic carbocycles. The molecule has 4 heteroatoms. The predicted molar refractivity (Wildman–Crippen MR) is 88.2 cm³/mol. The molecule has 0 aliphatic rings. The summed E-state index contributed by atoms with van der Waals surface area (Å²) in [6, 6.07) is 8.39. The van der Waals surface area contributed by atoms with Crippen LogP contribution in [0.5, 0.6) is 0 Å². The molecule has 0 heterocycles. The Morgan fingerprint density at radius 2 is 1.90 bits per heavy atom. The molecule has 0 aliphatic carbocycles. The zero-order valence-corrected chi connectivity index (χ0v) is 14.5. The summed E-state index contributed by atoms with van der Waals surface area (Å²) in [6.45, 7) is 11.6. The number of hydrogen-bond acceptors (Lipinski definition) is 3. The predicted octanol–water partition coefficient (Wildman–Crippen LogP) is 3.84. The number of thioether (sulfide) groups is 1. The molecule has 1 rings (SSSR count). The molecular weight excluding hydrogens is 280 g/mol. The summed E-state index contributed by atoms with van der Waals surface area (Å²) in [6.07, 6.45) is 0. The molecular formula is C17H24N2OS. The van der Waals surface area contributed by atoms with Crippen LogP contribution in [0.1, 0.15) is 38.8 Å². The smallest absolute Gasteiger partial charge is 0.234 e. The molecule has 3 nitrogen and oxygen atoms in total. The van der Waals surface area contributed by atoms with E-state index in [2.05, 4.69) is 37.4 Å². The quantitative estimate of drug-likeness (QED) is 0.841. The van der Waals surface area contributed by atoms with Crippen molar-refractivity contribution in [2.24, 2.45) is 5.92 Å². The van der Waals surface area contributed by atoms with Crippen molar-refractivity contribution < 1.29 is 4.79 Å². The van der Waals surface area contributed by atoms with Gasteiger partial charge in [0, 0.05) is 4.90 Å². The zero-order chi connectivity index (χ0) is 16.2. The number of aryl methyl sites for hydroxylation is 2. The van der Waals surface area contributed by atoms with Crippen LogP contribution in [0.4, 0.5) is 0 Å². The van der Waals surface area contributed by atoms with E-state index in [4.69, 9.17) is 0 Å². The fraction of sp³-hybridized carbons (Fsp3) is 0.529. The molecule has 2 atom stereocenters. The van der Waals surface area contributed by atoms with E-state index in [0.717, 1.165) is 4.90 Å². The summed E-state index contributed by atoms with van der Waals surface area (Å²) in [5.74, 6) is -0.0405. The number of nitrogens with one attached hydrogen (secondary N) is 1. The van der Waals surface area contributed by atoms with Crippen LogP contribution in [-0.4, -0.2) is 16.7 Å². The molecule has 1 aromatic rings. The van der Waals surface area contributed by atoms with Gasteiger partial charge in [0.1, 0.15) is 5.54 Å². The lowest BCUT2D eigenvalue weighted by atomic mass is 9.90. The number of carbonyl (C=O) groups is 1. The minimum Gasteiger partial charge on any atom is -0.337 e. The van der Waals surface area contributed by atoms with Gasteiger partial charge in [-0.3, -0.25) is 4.79 Å². The van der Waals surface area contributed by atoms with Crippen LogP contribution >= 0.6 is 11.8 Å². The van der Waals surface area contributed by atoms with Gasteiger partial charge in [-0.15, -0.1) is 11.8 Å². The highest BCUT2D eigenvalue weighted by atomic mass is 32.2. The second kappa shape index (κ2) is 7.00. The van der Waals surface area contributed by atoms with Crippen molar-refractivity contribution >= 4 is 17.7 Å². The van der Waals surface area contributed by atoms with Gasteiger partial charge >= 0.3 is 0 Å². The minimum absolute atomic E-state index is 0.0604. The Bertz CT molecular complexity index is 562. The van der Waals surface area contributed by atoms with Crippen LogP contribution in [0.3, 0.4) is 0 Å². The van der Waals surface area contributed by atoms with E-state index >= 15 is 0 Å². The van der Waals surface area contributed by atoms with Crippen molar-refractivity contribution in [3.63, 3.8) is 0 Å². The van der Waals surface area contributed by atoms with E-state index in [0.29, 0.717) is 0 Å². The number of nitriles is 1. The van der Waals surface area contributed by atoms with Crippen LogP contribution < -0.4 is 5.32 Å². The Kier molecular flexibility index (Phi) is 5.86. The summed E-state index contributed by atoms with van der Waals surface area (Å²) in [5, 5.41) is 11.9. The van der Waals surface area contributed by atoms with E-state index < -0.39 is 5.54 Å². The summed E-state index contributed by atoms with van der Waals surface area (Å²) < 4.78 is 0. The summed E-state index contributed by atoms with van der Waals surface area (Å²) in [7, 11) is 0. The molecule has 0 aromatic heterocycles. The number of rotatable bonds is 5. The number of nitrogens with zero attached hydrogens (tertiary/aromatic N) is 1. The van der Waals surface area contributed by atoms with E-state index in [1.165, 1.54) is 22.9 Å². The third kappa shape index (κ3) is 4.50. The van der Waals surface area contributed by atoms with Gasteiger partial charge in [0.2, 0.25) is 5.91 Å². The first-order chi connectivity index (χ1) is 9.69. The Hall–Kier alpha value is -1.47. The van der Waals surface area contributed by atoms with Crippen molar-refractivity contribution in [2.45, 2.75) is 57.2 Å². The molecule has 0 saturated heterocycles. The SMILES string of the molecule is Cc1ccc(SC(C)C(=O)NC(C)(C#N)C(C)C)cc1C. The molecule has 0 aliphatic heterocycles. The van der Waals surface area contributed by atoms with Gasteiger partial charge in [-0.1, -0.05) is 19.9 Å². The molecule has 0 saturated carbocycles. The molecule has 0 radical (unpaired) electrons.